The maximum absolute atomic E-state index is 12.0. The Balaban J connectivity index is 1.95. The molecule has 0 aliphatic carbocycles. The van der Waals surface area contributed by atoms with E-state index in [1.54, 1.807) is 36.0 Å². The fraction of sp³-hybridized carbons (Fsp3) is 0.0667. The smallest absolute Gasteiger partial charge is 0.332 e. The van der Waals surface area contributed by atoms with Crippen molar-refractivity contribution in [3.8, 4) is 11.4 Å². The third-order valence-electron chi connectivity index (χ3n) is 2.94. The van der Waals surface area contributed by atoms with Crippen molar-refractivity contribution in [1.29, 1.82) is 0 Å². The number of nitrogens with zero attached hydrogens (tertiary/aromatic N) is 5. The molecule has 21 heavy (non-hydrogen) atoms. The molecule has 3 rings (SSSR count). The Morgan fingerprint density at radius 2 is 1.67 bits per heavy atom. The molecule has 0 bridgehead atoms. The van der Waals surface area contributed by atoms with Gasteiger partial charge in [-0.25, -0.2) is 0 Å². The van der Waals surface area contributed by atoms with Gasteiger partial charge in [-0.3, -0.25) is 0 Å². The van der Waals surface area contributed by atoms with E-state index < -0.39 is 0 Å². The van der Waals surface area contributed by atoms with E-state index in [1.807, 2.05) is 36.4 Å². The van der Waals surface area contributed by atoms with Crippen LogP contribution < -0.4 is 9.79 Å². The Kier molecular flexibility index (Phi) is 3.42. The largest absolute Gasteiger partial charge is 0.856 e. The topological polar surface area (TPSA) is 70.0 Å². The van der Waals surface area contributed by atoms with Gasteiger partial charge in [0.15, 0.2) is 0 Å². The Morgan fingerprint density at radius 1 is 1.05 bits per heavy atom. The molecule has 0 saturated carbocycles. The normalized spacial score (nSPS) is 11.6. The first-order valence-electron chi connectivity index (χ1n) is 6.44. The first-order valence-corrected chi connectivity index (χ1v) is 6.44. The Labute approximate surface area is 121 Å². The Hall–Kier alpha value is -3.02. The van der Waals surface area contributed by atoms with Gasteiger partial charge in [0.25, 0.3) is 0 Å². The second-order valence-corrected chi connectivity index (χ2v) is 4.44. The van der Waals surface area contributed by atoms with Crippen LogP contribution >= 0.6 is 0 Å². The van der Waals surface area contributed by atoms with Crippen molar-refractivity contribution in [2.45, 2.75) is 0 Å². The van der Waals surface area contributed by atoms with Crippen molar-refractivity contribution in [3.63, 3.8) is 0 Å². The minimum absolute atomic E-state index is 0.384. The molecule has 6 heteroatoms. The van der Waals surface area contributed by atoms with Gasteiger partial charge in [0.05, 0.1) is 22.9 Å². The van der Waals surface area contributed by atoms with Crippen LogP contribution in [0, 0.1) is 0 Å². The first-order chi connectivity index (χ1) is 10.2. The highest BCUT2D eigenvalue weighted by molar-refractivity contribution is 5.90. The molecule has 0 fully saturated rings. The number of aromatic nitrogens is 4. The summed E-state index contributed by atoms with van der Waals surface area (Å²) in [4.78, 5) is 1.05. The molecule has 0 N–H and O–H groups in total. The van der Waals surface area contributed by atoms with Gasteiger partial charge >= 0.3 is 5.82 Å². The van der Waals surface area contributed by atoms with Gasteiger partial charge in [0.1, 0.15) is 4.91 Å². The molecular formula is C15H13N5O. The molecule has 1 heterocycles. The Morgan fingerprint density at radius 3 is 2.33 bits per heavy atom. The van der Waals surface area contributed by atoms with Gasteiger partial charge in [-0.05, 0) is 17.7 Å². The standard InChI is InChI=1S/C15H13N5O/c1-19-14(12-8-4-2-5-9-12)16-20(18-19)17-15(21)13-10-6-3-7-11-13/h2-11H,1H3. The summed E-state index contributed by atoms with van der Waals surface area (Å²) < 4.78 is 1.58. The maximum Gasteiger partial charge on any atom is 0.332 e. The van der Waals surface area contributed by atoms with Crippen LogP contribution in [-0.4, -0.2) is 21.1 Å². The predicted molar refractivity (Wildman–Crippen MR) is 75.0 cm³/mol. The SMILES string of the molecule is C[n+]1nn(/N=C(\[O-])c2ccccc2)nc1-c1ccccc1. The van der Waals surface area contributed by atoms with Crippen molar-refractivity contribution in [3.05, 3.63) is 66.2 Å². The van der Waals surface area contributed by atoms with Gasteiger partial charge in [0.2, 0.25) is 0 Å². The molecular weight excluding hydrogens is 266 g/mol. The van der Waals surface area contributed by atoms with Crippen molar-refractivity contribution in [1.82, 2.24) is 15.2 Å². The molecule has 104 valence electrons. The van der Waals surface area contributed by atoms with E-state index in [1.165, 1.54) is 0 Å². The molecule has 0 saturated heterocycles. The molecule has 0 aliphatic heterocycles. The fourth-order valence-electron chi connectivity index (χ4n) is 1.93. The molecule has 3 aromatic rings. The summed E-state index contributed by atoms with van der Waals surface area (Å²) >= 11 is 0. The van der Waals surface area contributed by atoms with Gasteiger partial charge in [0, 0.05) is 5.90 Å². The van der Waals surface area contributed by atoms with Crippen LogP contribution in [0.25, 0.3) is 11.4 Å². The van der Waals surface area contributed by atoms with E-state index >= 15 is 0 Å². The number of benzene rings is 2. The molecule has 0 amide bonds. The summed E-state index contributed by atoms with van der Waals surface area (Å²) in [5, 5.41) is 24.2. The zero-order chi connectivity index (χ0) is 14.7. The van der Waals surface area contributed by atoms with Gasteiger partial charge in [-0.2, -0.15) is 0 Å². The first kappa shape index (κ1) is 13.0. The summed E-state index contributed by atoms with van der Waals surface area (Å²) in [7, 11) is 1.76. The average molecular weight is 279 g/mol. The zero-order valence-electron chi connectivity index (χ0n) is 11.4. The Bertz CT molecular complexity index is 765. The van der Waals surface area contributed by atoms with E-state index in [0.29, 0.717) is 11.4 Å². The lowest BCUT2D eigenvalue weighted by Gasteiger charge is -2.05. The number of aryl methyl sites for hydroxylation is 1. The highest BCUT2D eigenvalue weighted by Crippen LogP contribution is 2.10. The fourth-order valence-corrected chi connectivity index (χ4v) is 1.93. The summed E-state index contributed by atoms with van der Waals surface area (Å²) in [6, 6.07) is 18.4. The van der Waals surface area contributed by atoms with Crippen molar-refractivity contribution < 1.29 is 9.79 Å². The van der Waals surface area contributed by atoms with Crippen molar-refractivity contribution in [2.24, 2.45) is 12.1 Å². The van der Waals surface area contributed by atoms with Crippen LogP contribution in [0.5, 0.6) is 0 Å². The predicted octanol–water partition coefficient (Wildman–Crippen LogP) is 0.340. The minimum Gasteiger partial charge on any atom is -0.856 e. The lowest BCUT2D eigenvalue weighted by molar-refractivity contribution is -0.722. The molecule has 1 aromatic heterocycles. The van der Waals surface area contributed by atoms with E-state index in [0.717, 1.165) is 10.5 Å². The highest BCUT2D eigenvalue weighted by atomic mass is 16.3. The van der Waals surface area contributed by atoms with E-state index in [4.69, 9.17) is 0 Å². The van der Waals surface area contributed by atoms with E-state index in [2.05, 4.69) is 15.4 Å². The van der Waals surface area contributed by atoms with Crippen LogP contribution in [0.1, 0.15) is 5.56 Å². The van der Waals surface area contributed by atoms with Gasteiger partial charge in [-0.1, -0.05) is 53.6 Å². The molecule has 0 spiro atoms. The lowest BCUT2D eigenvalue weighted by Crippen LogP contribution is -2.33. The summed E-state index contributed by atoms with van der Waals surface area (Å²) in [6.45, 7) is 0. The number of rotatable bonds is 3. The van der Waals surface area contributed by atoms with Crippen molar-refractivity contribution >= 4 is 5.90 Å². The van der Waals surface area contributed by atoms with E-state index in [9.17, 15) is 5.11 Å². The molecule has 0 radical (unpaired) electrons. The molecule has 6 nitrogen and oxygen atoms in total. The summed E-state index contributed by atoms with van der Waals surface area (Å²) in [6.07, 6.45) is 0. The molecule has 2 aromatic carbocycles. The quantitative estimate of drug-likeness (QED) is 0.394. The lowest BCUT2D eigenvalue weighted by atomic mass is 10.2. The number of tetrazole rings is 1. The molecule has 0 aliphatic rings. The monoisotopic (exact) mass is 279 g/mol. The average Bonchev–Trinajstić information content (AvgIpc) is 2.89. The second kappa shape index (κ2) is 5.54. The summed E-state index contributed by atoms with van der Waals surface area (Å²) in [5.74, 6) is 0.256. The van der Waals surface area contributed by atoms with Crippen LogP contribution in [0.4, 0.5) is 0 Å². The van der Waals surface area contributed by atoms with Crippen molar-refractivity contribution in [2.75, 3.05) is 0 Å². The number of hydrogen-bond donors (Lipinski definition) is 0. The van der Waals surface area contributed by atoms with Crippen LogP contribution in [-0.2, 0) is 7.05 Å². The maximum atomic E-state index is 12.0. The van der Waals surface area contributed by atoms with Gasteiger partial charge < -0.3 is 5.11 Å². The van der Waals surface area contributed by atoms with Crippen LogP contribution in [0.3, 0.4) is 0 Å². The molecule has 0 unspecified atom stereocenters. The minimum atomic E-state index is -0.384. The van der Waals surface area contributed by atoms with Gasteiger partial charge in [-0.15, -0.1) is 4.68 Å². The van der Waals surface area contributed by atoms with Crippen LogP contribution in [0.15, 0.2) is 65.8 Å². The third kappa shape index (κ3) is 2.79. The summed E-state index contributed by atoms with van der Waals surface area (Å²) in [5.41, 5.74) is 1.41. The third-order valence-corrected chi connectivity index (χ3v) is 2.94. The highest BCUT2D eigenvalue weighted by Gasteiger charge is 2.17. The zero-order valence-corrected chi connectivity index (χ0v) is 11.4. The van der Waals surface area contributed by atoms with Crippen LogP contribution in [0.2, 0.25) is 0 Å². The number of hydrogen-bond acceptors (Lipinski definition) is 4. The molecule has 0 atom stereocenters. The van der Waals surface area contributed by atoms with E-state index in [-0.39, 0.29) is 5.90 Å². The second-order valence-electron chi connectivity index (χ2n) is 4.44.